The average Bonchev–Trinajstić information content (AvgIpc) is 2.41. The fraction of sp³-hybridized carbons (Fsp3) is 0.538. The van der Waals surface area contributed by atoms with Crippen LogP contribution < -0.4 is 10.5 Å². The van der Waals surface area contributed by atoms with Crippen molar-refractivity contribution < 1.29 is 13.2 Å². The van der Waals surface area contributed by atoms with Crippen LogP contribution in [0.15, 0.2) is 23.1 Å². The van der Waals surface area contributed by atoms with Gasteiger partial charge in [0.2, 0.25) is 10.0 Å². The smallest absolute Gasteiger partial charge is 0.243 e. The van der Waals surface area contributed by atoms with E-state index in [0.29, 0.717) is 24.8 Å². The summed E-state index contributed by atoms with van der Waals surface area (Å²) in [6, 6.07) is 4.34. The summed E-state index contributed by atoms with van der Waals surface area (Å²) in [7, 11) is -2.07. The fourth-order valence-electron chi connectivity index (χ4n) is 2.24. The van der Waals surface area contributed by atoms with Gasteiger partial charge in [-0.05, 0) is 30.5 Å². The number of methoxy groups -OCH3 is 1. The summed E-state index contributed by atoms with van der Waals surface area (Å²) >= 11 is 5.99. The number of ether oxygens (including phenoxy) is 1. The molecule has 1 aliphatic rings. The average molecular weight is 319 g/mol. The van der Waals surface area contributed by atoms with Gasteiger partial charge in [0.1, 0.15) is 5.75 Å². The van der Waals surface area contributed by atoms with Crippen LogP contribution in [0.3, 0.4) is 0 Å². The normalized spacial score (nSPS) is 24.6. The van der Waals surface area contributed by atoms with E-state index in [1.165, 1.54) is 23.5 Å². The van der Waals surface area contributed by atoms with E-state index in [1.54, 1.807) is 6.07 Å². The number of hydrogen-bond acceptors (Lipinski definition) is 4. The zero-order chi connectivity index (χ0) is 14.9. The third-order valence-corrected chi connectivity index (χ3v) is 5.90. The first-order valence-electron chi connectivity index (χ1n) is 6.45. The van der Waals surface area contributed by atoms with Crippen molar-refractivity contribution in [1.29, 1.82) is 0 Å². The molecule has 2 atom stereocenters. The molecule has 5 nitrogen and oxygen atoms in total. The van der Waals surface area contributed by atoms with Crippen LogP contribution in [0.4, 0.5) is 0 Å². The molecule has 2 N–H and O–H groups in total. The minimum absolute atomic E-state index is 0.132. The van der Waals surface area contributed by atoms with Gasteiger partial charge in [-0.3, -0.25) is 0 Å². The van der Waals surface area contributed by atoms with Crippen LogP contribution in [0.5, 0.6) is 5.75 Å². The van der Waals surface area contributed by atoms with Gasteiger partial charge in [0, 0.05) is 19.1 Å². The lowest BCUT2D eigenvalue weighted by Gasteiger charge is -2.34. The molecule has 0 spiro atoms. The Balaban J connectivity index is 2.29. The number of hydrogen-bond donors (Lipinski definition) is 1. The summed E-state index contributed by atoms with van der Waals surface area (Å²) in [5.41, 5.74) is 5.97. The van der Waals surface area contributed by atoms with Crippen LogP contribution in [0.2, 0.25) is 5.02 Å². The highest BCUT2D eigenvalue weighted by Gasteiger charge is 2.32. The largest absolute Gasteiger partial charge is 0.495 e. The zero-order valence-electron chi connectivity index (χ0n) is 11.5. The van der Waals surface area contributed by atoms with Gasteiger partial charge in [-0.25, -0.2) is 8.42 Å². The summed E-state index contributed by atoms with van der Waals surface area (Å²) in [6.07, 6.45) is 0.768. The van der Waals surface area contributed by atoms with Crippen molar-refractivity contribution in [1.82, 2.24) is 4.31 Å². The third-order valence-electron chi connectivity index (χ3n) is 3.74. The lowest BCUT2D eigenvalue weighted by molar-refractivity contribution is 0.253. The Morgan fingerprint density at radius 3 is 2.70 bits per heavy atom. The molecule has 1 heterocycles. The third kappa shape index (κ3) is 2.93. The topological polar surface area (TPSA) is 72.6 Å². The van der Waals surface area contributed by atoms with Crippen molar-refractivity contribution in [3.05, 3.63) is 23.2 Å². The van der Waals surface area contributed by atoms with Gasteiger partial charge in [0.25, 0.3) is 0 Å². The molecule has 1 aromatic carbocycles. The van der Waals surface area contributed by atoms with E-state index in [4.69, 9.17) is 22.1 Å². The number of nitrogens with two attached hydrogens (primary N) is 1. The number of halogens is 1. The van der Waals surface area contributed by atoms with Crippen LogP contribution >= 0.6 is 11.6 Å². The predicted octanol–water partition coefficient (Wildman–Crippen LogP) is 1.71. The van der Waals surface area contributed by atoms with E-state index in [2.05, 4.69) is 0 Å². The Morgan fingerprint density at radius 1 is 1.45 bits per heavy atom. The van der Waals surface area contributed by atoms with Crippen LogP contribution in [0.25, 0.3) is 0 Å². The summed E-state index contributed by atoms with van der Waals surface area (Å²) in [5, 5.41) is 0.281. The molecule has 0 aromatic heterocycles. The van der Waals surface area contributed by atoms with E-state index >= 15 is 0 Å². The molecule has 1 aromatic rings. The Kier molecular flexibility index (Phi) is 4.59. The van der Waals surface area contributed by atoms with Crippen LogP contribution in [0.1, 0.15) is 13.3 Å². The first kappa shape index (κ1) is 15.6. The molecule has 0 bridgehead atoms. The van der Waals surface area contributed by atoms with Crippen molar-refractivity contribution in [3.63, 3.8) is 0 Å². The standard InChI is InChI=1S/C13H19ClN2O3S/c1-9-5-6-16(8-12(9)15)20(17,18)10-3-4-13(19-2)11(14)7-10/h3-4,7,9,12H,5-6,8,15H2,1-2H3. The second-order valence-corrected chi connectivity index (χ2v) is 7.43. The molecule has 1 aliphatic heterocycles. The maximum Gasteiger partial charge on any atom is 0.243 e. The highest BCUT2D eigenvalue weighted by Crippen LogP contribution is 2.29. The molecule has 2 rings (SSSR count). The van der Waals surface area contributed by atoms with Gasteiger partial charge >= 0.3 is 0 Å². The van der Waals surface area contributed by atoms with Gasteiger partial charge in [-0.1, -0.05) is 18.5 Å². The van der Waals surface area contributed by atoms with E-state index < -0.39 is 10.0 Å². The van der Waals surface area contributed by atoms with Crippen molar-refractivity contribution in [3.8, 4) is 5.75 Å². The van der Waals surface area contributed by atoms with E-state index in [0.717, 1.165) is 6.42 Å². The molecule has 0 radical (unpaired) electrons. The second kappa shape index (κ2) is 5.89. The molecule has 1 saturated heterocycles. The zero-order valence-corrected chi connectivity index (χ0v) is 13.1. The number of nitrogens with zero attached hydrogens (tertiary/aromatic N) is 1. The summed E-state index contributed by atoms with van der Waals surface area (Å²) in [4.78, 5) is 0.171. The van der Waals surface area contributed by atoms with Crippen molar-refractivity contribution >= 4 is 21.6 Å². The minimum atomic E-state index is -3.55. The molecule has 1 fully saturated rings. The Bertz CT molecular complexity index is 591. The number of benzene rings is 1. The molecule has 0 aliphatic carbocycles. The van der Waals surface area contributed by atoms with Crippen LogP contribution in [0, 0.1) is 5.92 Å². The molecular formula is C13H19ClN2O3S. The van der Waals surface area contributed by atoms with Crippen molar-refractivity contribution in [2.45, 2.75) is 24.3 Å². The molecule has 0 saturated carbocycles. The molecule has 7 heteroatoms. The van der Waals surface area contributed by atoms with Crippen molar-refractivity contribution in [2.75, 3.05) is 20.2 Å². The fourth-order valence-corrected chi connectivity index (χ4v) is 4.08. The summed E-state index contributed by atoms with van der Waals surface area (Å²) in [5.74, 6) is 0.787. The van der Waals surface area contributed by atoms with Crippen molar-refractivity contribution in [2.24, 2.45) is 11.7 Å². The van der Waals surface area contributed by atoms with Gasteiger partial charge in [-0.15, -0.1) is 0 Å². The Labute approximate surface area is 124 Å². The van der Waals surface area contributed by atoms with E-state index in [-0.39, 0.29) is 16.0 Å². The SMILES string of the molecule is COc1ccc(S(=O)(=O)N2CCC(C)C(N)C2)cc1Cl. The number of sulfonamides is 1. The highest BCUT2D eigenvalue weighted by atomic mass is 35.5. The first-order valence-corrected chi connectivity index (χ1v) is 8.27. The molecule has 20 heavy (non-hydrogen) atoms. The molecular weight excluding hydrogens is 300 g/mol. The van der Waals surface area contributed by atoms with Crippen LogP contribution in [-0.4, -0.2) is 39.0 Å². The number of piperidine rings is 1. The summed E-state index contributed by atoms with van der Waals surface area (Å²) < 4.78 is 31.6. The highest BCUT2D eigenvalue weighted by molar-refractivity contribution is 7.89. The van der Waals surface area contributed by atoms with Gasteiger partial charge in [0.15, 0.2) is 0 Å². The quantitative estimate of drug-likeness (QED) is 0.920. The van der Waals surface area contributed by atoms with Gasteiger partial charge in [0.05, 0.1) is 17.0 Å². The first-order chi connectivity index (χ1) is 9.36. The van der Waals surface area contributed by atoms with Crippen LogP contribution in [-0.2, 0) is 10.0 Å². The van der Waals surface area contributed by atoms with Gasteiger partial charge < -0.3 is 10.5 Å². The molecule has 0 amide bonds. The predicted molar refractivity (Wildman–Crippen MR) is 78.5 cm³/mol. The monoisotopic (exact) mass is 318 g/mol. The Hall–Kier alpha value is -0.820. The van der Waals surface area contributed by atoms with E-state index in [9.17, 15) is 8.42 Å². The maximum atomic E-state index is 12.6. The van der Waals surface area contributed by atoms with E-state index in [1.807, 2.05) is 6.92 Å². The molecule has 112 valence electrons. The van der Waals surface area contributed by atoms with Gasteiger partial charge in [-0.2, -0.15) is 4.31 Å². The molecule has 2 unspecified atom stereocenters. The summed E-state index contributed by atoms with van der Waals surface area (Å²) in [6.45, 7) is 2.87. The number of rotatable bonds is 3. The second-order valence-electron chi connectivity index (χ2n) is 5.09. The lowest BCUT2D eigenvalue weighted by atomic mass is 9.96. The Morgan fingerprint density at radius 2 is 2.15 bits per heavy atom. The minimum Gasteiger partial charge on any atom is -0.495 e. The maximum absolute atomic E-state index is 12.6. The lowest BCUT2D eigenvalue weighted by Crippen LogP contribution is -2.49.